The van der Waals surface area contributed by atoms with Crippen LogP contribution in [-0.2, 0) is 28.8 Å². The van der Waals surface area contributed by atoms with Gasteiger partial charge in [-0.05, 0) is 50.7 Å². The van der Waals surface area contributed by atoms with Gasteiger partial charge in [0.1, 0.15) is 18.1 Å². The fourth-order valence-electron chi connectivity index (χ4n) is 3.05. The molecule has 0 spiro atoms. The van der Waals surface area contributed by atoms with Gasteiger partial charge in [-0.2, -0.15) is 11.8 Å². The van der Waals surface area contributed by atoms with Crippen LogP contribution in [0, 0.1) is 0 Å². The summed E-state index contributed by atoms with van der Waals surface area (Å²) >= 11 is 1.38. The van der Waals surface area contributed by atoms with Crippen LogP contribution in [0.1, 0.15) is 51.4 Å². The highest BCUT2D eigenvalue weighted by Gasteiger charge is 2.30. The number of hydrogen-bond acceptors (Lipinski definition) is 9. The van der Waals surface area contributed by atoms with Crippen molar-refractivity contribution < 1.29 is 39.0 Å². The zero-order valence-electron chi connectivity index (χ0n) is 20.4. The molecule has 0 aromatic rings. The number of nitrogens with two attached hydrogens (primary N) is 3. The molecule has 36 heavy (non-hydrogen) atoms. The predicted octanol–water partition coefficient (Wildman–Crippen LogP) is -2.13. The van der Waals surface area contributed by atoms with Crippen molar-refractivity contribution in [2.75, 3.05) is 18.6 Å². The molecule has 0 aromatic carbocycles. The van der Waals surface area contributed by atoms with Crippen molar-refractivity contribution in [2.45, 2.75) is 75.5 Å². The van der Waals surface area contributed by atoms with Crippen molar-refractivity contribution >= 4 is 47.3 Å². The van der Waals surface area contributed by atoms with Gasteiger partial charge in [-0.3, -0.25) is 24.0 Å². The summed E-state index contributed by atoms with van der Waals surface area (Å²) in [5.74, 6) is -5.15. The molecule has 0 aromatic heterocycles. The zero-order valence-corrected chi connectivity index (χ0v) is 21.2. The molecule has 0 radical (unpaired) electrons. The Balaban J connectivity index is 5.47. The third-order valence-electron chi connectivity index (χ3n) is 5.12. The molecule has 4 amide bonds. The summed E-state index contributed by atoms with van der Waals surface area (Å²) in [6.07, 6.45) is 2.30. The molecule has 4 atom stereocenters. The van der Waals surface area contributed by atoms with Crippen LogP contribution >= 0.6 is 11.8 Å². The average Bonchev–Trinajstić information content (AvgIpc) is 2.80. The summed E-state index contributed by atoms with van der Waals surface area (Å²) in [6.45, 7) is 0.441. The predicted molar refractivity (Wildman–Crippen MR) is 133 cm³/mol. The molecule has 0 bridgehead atoms. The van der Waals surface area contributed by atoms with Gasteiger partial charge in [-0.25, -0.2) is 4.79 Å². The first kappa shape index (κ1) is 33.1. The number of primary amides is 1. The molecule has 0 rings (SSSR count). The van der Waals surface area contributed by atoms with E-state index in [1.165, 1.54) is 11.8 Å². The SMILES string of the molecule is CSCCC(NC(=O)C(CCC(N)=O)NC(=O)C(N)CCCCN)C(=O)NC(CCC(=O)O)C(=O)O. The largest absolute Gasteiger partial charge is 0.481 e. The third kappa shape index (κ3) is 14.5. The quantitative estimate of drug-likeness (QED) is 0.0782. The highest BCUT2D eigenvalue weighted by atomic mass is 32.2. The van der Waals surface area contributed by atoms with Gasteiger partial charge in [0.15, 0.2) is 0 Å². The molecule has 4 unspecified atom stereocenters. The molecule has 0 aliphatic rings. The van der Waals surface area contributed by atoms with Gasteiger partial charge in [-0.15, -0.1) is 0 Å². The van der Waals surface area contributed by atoms with E-state index in [0.29, 0.717) is 31.6 Å². The van der Waals surface area contributed by atoms with Crippen LogP contribution < -0.4 is 33.2 Å². The molecule has 0 aliphatic carbocycles. The first-order valence-corrected chi connectivity index (χ1v) is 12.9. The number of carboxylic acid groups (broad SMARTS) is 2. The molecule has 0 aliphatic heterocycles. The summed E-state index contributed by atoms with van der Waals surface area (Å²) in [5.41, 5.74) is 16.5. The van der Waals surface area contributed by atoms with Crippen molar-refractivity contribution in [1.29, 1.82) is 0 Å². The van der Waals surface area contributed by atoms with Gasteiger partial charge < -0.3 is 43.4 Å². The maximum atomic E-state index is 13.0. The fraction of sp³-hybridized carbons (Fsp3) is 0.714. The van der Waals surface area contributed by atoms with Gasteiger partial charge in [0.2, 0.25) is 23.6 Å². The molecule has 0 saturated carbocycles. The topological polar surface area (TPSA) is 257 Å². The number of aliphatic carboxylic acids is 2. The Morgan fingerprint density at radius 3 is 1.81 bits per heavy atom. The maximum absolute atomic E-state index is 13.0. The van der Waals surface area contributed by atoms with Crippen LogP contribution in [0.15, 0.2) is 0 Å². The van der Waals surface area contributed by atoms with Crippen LogP contribution in [0.2, 0.25) is 0 Å². The van der Waals surface area contributed by atoms with Crippen LogP contribution in [0.4, 0.5) is 0 Å². The van der Waals surface area contributed by atoms with Crippen LogP contribution in [0.5, 0.6) is 0 Å². The summed E-state index contributed by atoms with van der Waals surface area (Å²) < 4.78 is 0. The second kappa shape index (κ2) is 18.4. The zero-order chi connectivity index (χ0) is 27.7. The Labute approximate surface area is 213 Å². The molecule has 11 N–H and O–H groups in total. The van der Waals surface area contributed by atoms with Gasteiger partial charge in [0.05, 0.1) is 6.04 Å². The van der Waals surface area contributed by atoms with E-state index in [1.54, 1.807) is 6.26 Å². The lowest BCUT2D eigenvalue weighted by Gasteiger charge is -2.25. The number of rotatable bonds is 20. The second-order valence-corrected chi connectivity index (χ2v) is 9.12. The van der Waals surface area contributed by atoms with E-state index in [1.807, 2.05) is 0 Å². The van der Waals surface area contributed by atoms with Crippen molar-refractivity contribution in [3.63, 3.8) is 0 Å². The minimum Gasteiger partial charge on any atom is -0.481 e. The Kier molecular flexibility index (Phi) is 16.9. The highest BCUT2D eigenvalue weighted by Crippen LogP contribution is 2.07. The lowest BCUT2D eigenvalue weighted by atomic mass is 10.1. The van der Waals surface area contributed by atoms with E-state index in [4.69, 9.17) is 22.3 Å². The lowest BCUT2D eigenvalue weighted by molar-refractivity contribution is -0.143. The monoisotopic (exact) mass is 534 g/mol. The summed E-state index contributed by atoms with van der Waals surface area (Å²) in [5, 5.41) is 25.3. The summed E-state index contributed by atoms with van der Waals surface area (Å²) in [7, 11) is 0. The van der Waals surface area contributed by atoms with Gasteiger partial charge in [0, 0.05) is 12.8 Å². The molecular weight excluding hydrogens is 496 g/mol. The van der Waals surface area contributed by atoms with Crippen molar-refractivity contribution in [3.8, 4) is 0 Å². The van der Waals surface area contributed by atoms with Gasteiger partial charge >= 0.3 is 11.9 Å². The molecule has 15 heteroatoms. The maximum Gasteiger partial charge on any atom is 0.326 e. The van der Waals surface area contributed by atoms with E-state index in [2.05, 4.69) is 16.0 Å². The number of unbranched alkanes of at least 4 members (excludes halogenated alkanes) is 1. The standard InChI is InChI=1S/C21H38N6O8S/c1-36-11-9-14(20(33)27-15(21(34)35)6-8-17(29)30)26-19(32)13(5-7-16(24)28)25-18(31)12(23)4-2-3-10-22/h12-15H,2-11,22-23H2,1H3,(H2,24,28)(H,25,31)(H,26,32)(H,27,33)(H,29,30)(H,34,35). The summed E-state index contributed by atoms with van der Waals surface area (Å²) in [6, 6.07) is -4.79. The lowest BCUT2D eigenvalue weighted by Crippen LogP contribution is -2.57. The van der Waals surface area contributed by atoms with Crippen LogP contribution in [0.25, 0.3) is 0 Å². The Morgan fingerprint density at radius 2 is 1.31 bits per heavy atom. The van der Waals surface area contributed by atoms with Crippen molar-refractivity contribution in [2.24, 2.45) is 17.2 Å². The van der Waals surface area contributed by atoms with E-state index in [-0.39, 0.29) is 25.7 Å². The van der Waals surface area contributed by atoms with Crippen molar-refractivity contribution in [1.82, 2.24) is 16.0 Å². The molecule has 0 heterocycles. The average molecular weight is 535 g/mol. The molecule has 0 saturated heterocycles. The van der Waals surface area contributed by atoms with Crippen molar-refractivity contribution in [3.05, 3.63) is 0 Å². The third-order valence-corrected chi connectivity index (χ3v) is 5.77. The second-order valence-electron chi connectivity index (χ2n) is 8.13. The number of carboxylic acids is 2. The van der Waals surface area contributed by atoms with E-state index < -0.39 is 66.2 Å². The smallest absolute Gasteiger partial charge is 0.326 e. The van der Waals surface area contributed by atoms with Gasteiger partial charge in [0.25, 0.3) is 0 Å². The number of thioether (sulfide) groups is 1. The Hall–Kier alpha value is -2.91. The number of nitrogens with one attached hydrogen (secondary N) is 3. The van der Waals surface area contributed by atoms with E-state index in [9.17, 15) is 33.9 Å². The number of amides is 4. The Bertz CT molecular complexity index is 769. The molecule has 14 nitrogen and oxygen atoms in total. The number of carbonyl (C=O) groups is 6. The molecular formula is C21H38N6O8S. The minimum absolute atomic E-state index is 0.124. The van der Waals surface area contributed by atoms with E-state index in [0.717, 1.165) is 0 Å². The molecule has 206 valence electrons. The number of hydrogen-bond donors (Lipinski definition) is 8. The van der Waals surface area contributed by atoms with Crippen LogP contribution in [-0.4, -0.2) is 88.5 Å². The van der Waals surface area contributed by atoms with Crippen LogP contribution in [0.3, 0.4) is 0 Å². The fourth-order valence-corrected chi connectivity index (χ4v) is 3.52. The first-order chi connectivity index (χ1) is 16.9. The summed E-state index contributed by atoms with van der Waals surface area (Å²) in [4.78, 5) is 71.7. The number of carbonyl (C=O) groups excluding carboxylic acids is 4. The normalized spacial score (nSPS) is 14.1. The molecule has 0 fully saturated rings. The van der Waals surface area contributed by atoms with Gasteiger partial charge in [-0.1, -0.05) is 6.42 Å². The highest BCUT2D eigenvalue weighted by molar-refractivity contribution is 7.98. The van der Waals surface area contributed by atoms with E-state index >= 15 is 0 Å². The first-order valence-electron chi connectivity index (χ1n) is 11.5. The Morgan fingerprint density at radius 1 is 0.778 bits per heavy atom. The minimum atomic E-state index is -1.47.